The number of fused-ring (bicyclic) bond motifs is 1. The highest BCUT2D eigenvalue weighted by Crippen LogP contribution is 2.14. The first-order valence-corrected chi connectivity index (χ1v) is 5.36. The normalized spacial score (nSPS) is 11.1. The molecule has 0 amide bonds. The molecule has 2 rings (SSSR count). The Labute approximate surface area is 89.9 Å². The lowest BCUT2D eigenvalue weighted by Gasteiger charge is -2.02. The van der Waals surface area contributed by atoms with E-state index in [0.29, 0.717) is 0 Å². The van der Waals surface area contributed by atoms with E-state index in [1.165, 1.54) is 11.1 Å². The summed E-state index contributed by atoms with van der Waals surface area (Å²) in [5.41, 5.74) is 9.12. The van der Waals surface area contributed by atoms with Gasteiger partial charge in [-0.25, -0.2) is 4.98 Å². The molecule has 80 valence electrons. The van der Waals surface area contributed by atoms with Gasteiger partial charge < -0.3 is 10.1 Å². The maximum absolute atomic E-state index is 5.50. The number of rotatable bonds is 3. The van der Waals surface area contributed by atoms with Crippen molar-refractivity contribution in [3.63, 3.8) is 0 Å². The lowest BCUT2D eigenvalue weighted by molar-refractivity contribution is 0.825. The van der Waals surface area contributed by atoms with Crippen LogP contribution in [0, 0.1) is 13.8 Å². The average Bonchev–Trinajstić information content (AvgIpc) is 2.52. The maximum Gasteiger partial charge on any atom is 0.110 e. The van der Waals surface area contributed by atoms with Gasteiger partial charge in [-0.1, -0.05) is 6.07 Å². The number of nitrogens with two attached hydrogens (primary N) is 1. The highest BCUT2D eigenvalue weighted by molar-refractivity contribution is 5.53. The van der Waals surface area contributed by atoms with Crippen molar-refractivity contribution in [3.05, 3.63) is 35.4 Å². The number of pyridine rings is 1. The quantitative estimate of drug-likeness (QED) is 0.827. The monoisotopic (exact) mass is 203 g/mol. The molecule has 0 atom stereocenters. The van der Waals surface area contributed by atoms with E-state index < -0.39 is 0 Å². The summed E-state index contributed by atoms with van der Waals surface area (Å²) in [5.74, 6) is 1.05. The van der Waals surface area contributed by atoms with Crippen molar-refractivity contribution in [2.75, 3.05) is 6.54 Å². The van der Waals surface area contributed by atoms with Gasteiger partial charge in [0, 0.05) is 6.20 Å². The van der Waals surface area contributed by atoms with E-state index in [0.717, 1.165) is 30.9 Å². The second kappa shape index (κ2) is 4.03. The third-order valence-corrected chi connectivity index (χ3v) is 2.73. The molecule has 2 N–H and O–H groups in total. The molecule has 0 fully saturated rings. The van der Waals surface area contributed by atoms with E-state index in [-0.39, 0.29) is 0 Å². The summed E-state index contributed by atoms with van der Waals surface area (Å²) >= 11 is 0. The summed E-state index contributed by atoms with van der Waals surface area (Å²) in [7, 11) is 0. The lowest BCUT2D eigenvalue weighted by atomic mass is 10.1. The zero-order valence-electron chi connectivity index (χ0n) is 9.33. The number of hydrogen-bond donors (Lipinski definition) is 1. The Hall–Kier alpha value is -1.35. The SMILES string of the molecule is Cc1nc(C)n2cc(CCCN)ccc12. The van der Waals surface area contributed by atoms with Gasteiger partial charge in [0.15, 0.2) is 0 Å². The van der Waals surface area contributed by atoms with Crippen LogP contribution >= 0.6 is 0 Å². The van der Waals surface area contributed by atoms with E-state index in [1.807, 2.05) is 13.8 Å². The highest BCUT2D eigenvalue weighted by Gasteiger charge is 2.04. The molecule has 2 aromatic rings. The molecule has 0 saturated carbocycles. The van der Waals surface area contributed by atoms with Crippen molar-refractivity contribution < 1.29 is 0 Å². The Balaban J connectivity index is 2.41. The van der Waals surface area contributed by atoms with Crippen molar-refractivity contribution in [2.45, 2.75) is 26.7 Å². The first kappa shape index (κ1) is 10.2. The number of hydrogen-bond acceptors (Lipinski definition) is 2. The number of aromatic nitrogens is 2. The third kappa shape index (κ3) is 1.88. The zero-order valence-corrected chi connectivity index (χ0v) is 9.33. The molecule has 2 aromatic heterocycles. The van der Waals surface area contributed by atoms with Gasteiger partial charge in [0.1, 0.15) is 5.82 Å². The summed E-state index contributed by atoms with van der Waals surface area (Å²) < 4.78 is 2.15. The molecule has 0 aromatic carbocycles. The van der Waals surface area contributed by atoms with Crippen LogP contribution in [0.25, 0.3) is 5.52 Å². The molecule has 0 aliphatic carbocycles. The lowest BCUT2D eigenvalue weighted by Crippen LogP contribution is -2.01. The molecule has 0 saturated heterocycles. The first-order valence-electron chi connectivity index (χ1n) is 5.36. The van der Waals surface area contributed by atoms with Crippen LogP contribution in [0.15, 0.2) is 18.3 Å². The zero-order chi connectivity index (χ0) is 10.8. The summed E-state index contributed by atoms with van der Waals surface area (Å²) in [4.78, 5) is 4.45. The van der Waals surface area contributed by atoms with Gasteiger partial charge >= 0.3 is 0 Å². The van der Waals surface area contributed by atoms with Crippen LogP contribution in [-0.2, 0) is 6.42 Å². The van der Waals surface area contributed by atoms with Crippen LogP contribution in [0.1, 0.15) is 23.5 Å². The Morgan fingerprint density at radius 2 is 2.13 bits per heavy atom. The smallest absolute Gasteiger partial charge is 0.110 e. The average molecular weight is 203 g/mol. The Morgan fingerprint density at radius 1 is 1.33 bits per heavy atom. The summed E-state index contributed by atoms with van der Waals surface area (Å²) in [6.45, 7) is 4.83. The summed E-state index contributed by atoms with van der Waals surface area (Å²) in [5, 5.41) is 0. The van der Waals surface area contributed by atoms with Crippen LogP contribution < -0.4 is 5.73 Å². The summed E-state index contributed by atoms with van der Waals surface area (Å²) in [6.07, 6.45) is 4.25. The Bertz CT molecular complexity index is 471. The van der Waals surface area contributed by atoms with E-state index in [4.69, 9.17) is 5.73 Å². The molecule has 3 heteroatoms. The topological polar surface area (TPSA) is 43.3 Å². The van der Waals surface area contributed by atoms with E-state index in [9.17, 15) is 0 Å². The van der Waals surface area contributed by atoms with Gasteiger partial charge in [0.05, 0.1) is 11.2 Å². The molecule has 0 unspecified atom stereocenters. The predicted octanol–water partition coefficient (Wildman–Crippen LogP) is 1.84. The van der Waals surface area contributed by atoms with Crippen LogP contribution in [-0.4, -0.2) is 15.9 Å². The van der Waals surface area contributed by atoms with Gasteiger partial charge in [-0.15, -0.1) is 0 Å². The second-order valence-electron chi connectivity index (χ2n) is 3.93. The van der Waals surface area contributed by atoms with Crippen molar-refractivity contribution in [2.24, 2.45) is 5.73 Å². The van der Waals surface area contributed by atoms with Crippen molar-refractivity contribution in [1.82, 2.24) is 9.38 Å². The van der Waals surface area contributed by atoms with Crippen LogP contribution in [0.3, 0.4) is 0 Å². The van der Waals surface area contributed by atoms with Crippen molar-refractivity contribution >= 4 is 5.52 Å². The Morgan fingerprint density at radius 3 is 2.87 bits per heavy atom. The molecule has 0 spiro atoms. The van der Waals surface area contributed by atoms with E-state index in [1.54, 1.807) is 0 Å². The molecular formula is C12H17N3. The minimum absolute atomic E-state index is 0.750. The molecule has 0 bridgehead atoms. The number of nitrogens with zero attached hydrogens (tertiary/aromatic N) is 2. The molecule has 0 aliphatic heterocycles. The van der Waals surface area contributed by atoms with Crippen molar-refractivity contribution in [3.8, 4) is 0 Å². The molecule has 0 aliphatic rings. The largest absolute Gasteiger partial charge is 0.330 e. The fraction of sp³-hybridized carbons (Fsp3) is 0.417. The van der Waals surface area contributed by atoms with Crippen molar-refractivity contribution in [1.29, 1.82) is 0 Å². The van der Waals surface area contributed by atoms with Gasteiger partial charge in [0.25, 0.3) is 0 Å². The Kier molecular flexibility index (Phi) is 2.73. The highest BCUT2D eigenvalue weighted by atomic mass is 15.0. The van der Waals surface area contributed by atoms with Gasteiger partial charge in [-0.05, 0) is 44.9 Å². The number of aryl methyl sites for hydroxylation is 3. The number of imidazole rings is 1. The minimum atomic E-state index is 0.750. The molecule has 15 heavy (non-hydrogen) atoms. The van der Waals surface area contributed by atoms with Gasteiger partial charge in [-0.2, -0.15) is 0 Å². The third-order valence-electron chi connectivity index (χ3n) is 2.73. The van der Waals surface area contributed by atoms with Gasteiger partial charge in [-0.3, -0.25) is 0 Å². The maximum atomic E-state index is 5.50. The second-order valence-corrected chi connectivity index (χ2v) is 3.93. The van der Waals surface area contributed by atoms with Gasteiger partial charge in [0.2, 0.25) is 0 Å². The van der Waals surface area contributed by atoms with E-state index in [2.05, 4.69) is 27.7 Å². The fourth-order valence-electron chi connectivity index (χ4n) is 1.92. The summed E-state index contributed by atoms with van der Waals surface area (Å²) in [6, 6.07) is 4.31. The molecule has 2 heterocycles. The fourth-order valence-corrected chi connectivity index (χ4v) is 1.92. The van der Waals surface area contributed by atoms with Crippen LogP contribution in [0.2, 0.25) is 0 Å². The predicted molar refractivity (Wildman–Crippen MR) is 62.0 cm³/mol. The molecular weight excluding hydrogens is 186 g/mol. The standard InChI is InChI=1S/C12H17N3/c1-9-12-6-5-11(4-3-7-13)8-15(12)10(2)14-9/h5-6,8H,3-4,7,13H2,1-2H3. The van der Waals surface area contributed by atoms with Crippen LogP contribution in [0.5, 0.6) is 0 Å². The minimum Gasteiger partial charge on any atom is -0.330 e. The van der Waals surface area contributed by atoms with Crippen LogP contribution in [0.4, 0.5) is 0 Å². The first-order chi connectivity index (χ1) is 7.22. The molecule has 3 nitrogen and oxygen atoms in total. The molecule has 0 radical (unpaired) electrons. The van der Waals surface area contributed by atoms with E-state index >= 15 is 0 Å².